The summed E-state index contributed by atoms with van der Waals surface area (Å²) < 4.78 is 0. The molecule has 1 N–H and O–H groups in total. The number of nitrogens with zero attached hydrogens (tertiary/aromatic N) is 2. The van der Waals surface area contributed by atoms with Crippen molar-refractivity contribution in [2.45, 2.75) is 52.0 Å². The molecular formula is C15H31N3O. The Labute approximate surface area is 118 Å². The zero-order valence-corrected chi connectivity index (χ0v) is 13.0. The van der Waals surface area contributed by atoms with Crippen LogP contribution >= 0.6 is 0 Å². The summed E-state index contributed by atoms with van der Waals surface area (Å²) in [5.74, 6) is 0.318. The molecule has 1 amide bonds. The normalized spacial score (nSPS) is 19.8. The number of likely N-dealkylation sites (N-methyl/N-ethyl adjacent to an activating group) is 1. The van der Waals surface area contributed by atoms with Gasteiger partial charge >= 0.3 is 0 Å². The second-order valence-electron chi connectivity index (χ2n) is 5.60. The van der Waals surface area contributed by atoms with Gasteiger partial charge in [0.25, 0.3) is 0 Å². The molecule has 0 radical (unpaired) electrons. The Hall–Kier alpha value is -0.610. The summed E-state index contributed by atoms with van der Waals surface area (Å²) in [5.41, 5.74) is 0. The van der Waals surface area contributed by atoms with Crippen molar-refractivity contribution in [2.24, 2.45) is 0 Å². The van der Waals surface area contributed by atoms with Crippen LogP contribution < -0.4 is 5.32 Å². The minimum Gasteiger partial charge on any atom is -0.342 e. The molecule has 1 aliphatic heterocycles. The lowest BCUT2D eigenvalue weighted by Gasteiger charge is -2.25. The minimum absolute atomic E-state index is 0.318. The molecule has 1 aliphatic rings. The van der Waals surface area contributed by atoms with Crippen LogP contribution in [-0.2, 0) is 4.79 Å². The number of amides is 1. The van der Waals surface area contributed by atoms with Crippen LogP contribution in [0.4, 0.5) is 0 Å². The third-order valence-corrected chi connectivity index (χ3v) is 3.96. The van der Waals surface area contributed by atoms with Crippen LogP contribution in [0.3, 0.4) is 0 Å². The highest BCUT2D eigenvalue weighted by atomic mass is 16.2. The van der Waals surface area contributed by atoms with E-state index in [1.165, 1.54) is 0 Å². The highest BCUT2D eigenvalue weighted by Crippen LogP contribution is 2.09. The van der Waals surface area contributed by atoms with Crippen LogP contribution in [-0.4, -0.2) is 61.5 Å². The van der Waals surface area contributed by atoms with E-state index in [0.717, 1.165) is 58.3 Å². The molecule has 1 fully saturated rings. The van der Waals surface area contributed by atoms with E-state index < -0.39 is 0 Å². The van der Waals surface area contributed by atoms with Crippen molar-refractivity contribution >= 4 is 5.91 Å². The third-order valence-electron chi connectivity index (χ3n) is 3.96. The Balaban J connectivity index is 2.37. The van der Waals surface area contributed by atoms with Crippen LogP contribution in [0.25, 0.3) is 0 Å². The van der Waals surface area contributed by atoms with Gasteiger partial charge in [0.2, 0.25) is 5.91 Å². The Morgan fingerprint density at radius 1 is 1.26 bits per heavy atom. The van der Waals surface area contributed by atoms with Crippen LogP contribution in [0.5, 0.6) is 0 Å². The largest absolute Gasteiger partial charge is 0.342 e. The number of hydrogen-bond donors (Lipinski definition) is 1. The van der Waals surface area contributed by atoms with Crippen molar-refractivity contribution < 1.29 is 4.79 Å². The molecule has 0 spiro atoms. The molecular weight excluding hydrogens is 238 g/mol. The molecule has 4 nitrogen and oxygen atoms in total. The number of carbonyl (C=O) groups excluding carboxylic acids is 1. The van der Waals surface area contributed by atoms with E-state index in [9.17, 15) is 4.79 Å². The average molecular weight is 269 g/mol. The minimum atomic E-state index is 0.318. The van der Waals surface area contributed by atoms with Gasteiger partial charge in [-0.05, 0) is 26.3 Å². The van der Waals surface area contributed by atoms with E-state index in [0.29, 0.717) is 18.5 Å². The van der Waals surface area contributed by atoms with E-state index >= 15 is 0 Å². The molecule has 0 bridgehead atoms. The highest BCUT2D eigenvalue weighted by Gasteiger charge is 2.24. The summed E-state index contributed by atoms with van der Waals surface area (Å²) >= 11 is 0. The monoisotopic (exact) mass is 269 g/mol. The van der Waals surface area contributed by atoms with E-state index in [1.54, 1.807) is 0 Å². The Kier molecular flexibility index (Phi) is 8.07. The first-order valence-electron chi connectivity index (χ1n) is 7.88. The SMILES string of the molecule is CCCCN(CCCC)C(=O)CN1CCC(NC)C1. The molecule has 1 saturated heterocycles. The predicted octanol–water partition coefficient (Wildman–Crippen LogP) is 1.71. The summed E-state index contributed by atoms with van der Waals surface area (Å²) in [6, 6.07) is 0.563. The summed E-state index contributed by atoms with van der Waals surface area (Å²) in [4.78, 5) is 16.7. The molecule has 0 aromatic carbocycles. The summed E-state index contributed by atoms with van der Waals surface area (Å²) in [5, 5.41) is 3.30. The van der Waals surface area contributed by atoms with Crippen molar-refractivity contribution in [3.8, 4) is 0 Å². The van der Waals surface area contributed by atoms with E-state index in [4.69, 9.17) is 0 Å². The number of nitrogens with one attached hydrogen (secondary N) is 1. The summed E-state index contributed by atoms with van der Waals surface area (Å²) in [6.45, 7) is 8.88. The average Bonchev–Trinajstić information content (AvgIpc) is 2.86. The lowest BCUT2D eigenvalue weighted by Crippen LogP contribution is -2.41. The molecule has 19 heavy (non-hydrogen) atoms. The Bertz CT molecular complexity index is 250. The van der Waals surface area contributed by atoms with Gasteiger partial charge in [-0.3, -0.25) is 9.69 Å². The highest BCUT2D eigenvalue weighted by molar-refractivity contribution is 5.78. The van der Waals surface area contributed by atoms with Gasteiger partial charge in [-0.2, -0.15) is 0 Å². The number of likely N-dealkylation sites (tertiary alicyclic amines) is 1. The molecule has 0 saturated carbocycles. The number of unbranched alkanes of at least 4 members (excludes halogenated alkanes) is 2. The number of hydrogen-bond acceptors (Lipinski definition) is 3. The first kappa shape index (κ1) is 16.4. The van der Waals surface area contributed by atoms with Crippen molar-refractivity contribution in [3.05, 3.63) is 0 Å². The maximum atomic E-state index is 12.4. The van der Waals surface area contributed by atoms with Crippen LogP contribution in [0.15, 0.2) is 0 Å². The standard InChI is InChI=1S/C15H31N3O/c1-4-6-9-18(10-7-5-2)15(19)13-17-11-8-14(12-17)16-3/h14,16H,4-13H2,1-3H3. The molecule has 1 unspecified atom stereocenters. The number of rotatable bonds is 9. The molecule has 0 aromatic rings. The van der Waals surface area contributed by atoms with Crippen LogP contribution in [0.2, 0.25) is 0 Å². The Morgan fingerprint density at radius 3 is 2.37 bits per heavy atom. The fraction of sp³-hybridized carbons (Fsp3) is 0.933. The van der Waals surface area contributed by atoms with Gasteiger partial charge in [-0.1, -0.05) is 26.7 Å². The molecule has 0 aromatic heterocycles. The van der Waals surface area contributed by atoms with E-state index in [2.05, 4.69) is 29.0 Å². The first-order valence-corrected chi connectivity index (χ1v) is 7.88. The van der Waals surface area contributed by atoms with Gasteiger partial charge in [0.05, 0.1) is 6.54 Å². The van der Waals surface area contributed by atoms with E-state index in [1.807, 2.05) is 7.05 Å². The van der Waals surface area contributed by atoms with Gasteiger partial charge < -0.3 is 10.2 Å². The van der Waals surface area contributed by atoms with Crippen molar-refractivity contribution in [1.82, 2.24) is 15.1 Å². The number of carbonyl (C=O) groups is 1. The van der Waals surface area contributed by atoms with Gasteiger partial charge in [0, 0.05) is 32.2 Å². The quantitative estimate of drug-likeness (QED) is 0.692. The van der Waals surface area contributed by atoms with Crippen molar-refractivity contribution in [1.29, 1.82) is 0 Å². The smallest absolute Gasteiger partial charge is 0.236 e. The third kappa shape index (κ3) is 5.91. The van der Waals surface area contributed by atoms with Gasteiger partial charge in [-0.15, -0.1) is 0 Å². The maximum Gasteiger partial charge on any atom is 0.236 e. The topological polar surface area (TPSA) is 35.6 Å². The fourth-order valence-electron chi connectivity index (χ4n) is 2.56. The van der Waals surface area contributed by atoms with Gasteiger partial charge in [0.1, 0.15) is 0 Å². The van der Waals surface area contributed by atoms with E-state index in [-0.39, 0.29) is 0 Å². The fourth-order valence-corrected chi connectivity index (χ4v) is 2.56. The second-order valence-corrected chi connectivity index (χ2v) is 5.60. The van der Waals surface area contributed by atoms with Crippen LogP contribution in [0.1, 0.15) is 46.0 Å². The lowest BCUT2D eigenvalue weighted by molar-refractivity contribution is -0.132. The van der Waals surface area contributed by atoms with Crippen LogP contribution in [0, 0.1) is 0 Å². The molecule has 1 rings (SSSR count). The molecule has 112 valence electrons. The molecule has 4 heteroatoms. The van der Waals surface area contributed by atoms with Gasteiger partial charge in [0.15, 0.2) is 0 Å². The van der Waals surface area contributed by atoms with Crippen molar-refractivity contribution in [3.63, 3.8) is 0 Å². The summed E-state index contributed by atoms with van der Waals surface area (Å²) in [6.07, 6.45) is 5.71. The van der Waals surface area contributed by atoms with Crippen molar-refractivity contribution in [2.75, 3.05) is 39.8 Å². The lowest BCUT2D eigenvalue weighted by atomic mass is 10.2. The zero-order chi connectivity index (χ0) is 14.1. The Morgan fingerprint density at radius 2 is 1.89 bits per heavy atom. The summed E-state index contributed by atoms with van der Waals surface area (Å²) in [7, 11) is 2.00. The maximum absolute atomic E-state index is 12.4. The molecule has 1 atom stereocenters. The van der Waals surface area contributed by atoms with Gasteiger partial charge in [-0.25, -0.2) is 0 Å². The second kappa shape index (κ2) is 9.32. The zero-order valence-electron chi connectivity index (χ0n) is 13.0. The predicted molar refractivity (Wildman–Crippen MR) is 80.3 cm³/mol. The first-order chi connectivity index (χ1) is 9.21. The molecule has 0 aliphatic carbocycles. The molecule has 1 heterocycles.